The normalized spacial score (nSPS) is 11.4. The molecule has 12 heteroatoms. The summed E-state index contributed by atoms with van der Waals surface area (Å²) in [5, 5.41) is 24.6. The topological polar surface area (TPSA) is 110 Å². The Labute approximate surface area is 136 Å². The minimum absolute atomic E-state index is 0.361. The molecule has 0 saturated carbocycles. The lowest BCUT2D eigenvalue weighted by atomic mass is 10.2. The van der Waals surface area contributed by atoms with Gasteiger partial charge in [-0.3, -0.25) is 19.6 Å². The van der Waals surface area contributed by atoms with Gasteiger partial charge in [0.05, 0.1) is 10.6 Å². The zero-order valence-electron chi connectivity index (χ0n) is 11.8. The molecule has 1 heterocycles. The maximum Gasteiger partial charge on any atom is 0.436 e. The summed E-state index contributed by atoms with van der Waals surface area (Å²) in [5.41, 5.74) is -2.86. The van der Waals surface area contributed by atoms with Crippen LogP contribution in [0, 0.1) is 10.1 Å². The van der Waals surface area contributed by atoms with Crippen molar-refractivity contribution in [3.63, 3.8) is 0 Å². The first-order chi connectivity index (χ1) is 11.0. The van der Waals surface area contributed by atoms with E-state index in [-0.39, 0.29) is 5.69 Å². The number of nitro benzene ring substituents is 1. The van der Waals surface area contributed by atoms with E-state index in [0.29, 0.717) is 4.68 Å². The maximum absolute atomic E-state index is 12.7. The number of carbonyl (C=O) groups is 1. The third-order valence-electron chi connectivity index (χ3n) is 2.91. The van der Waals surface area contributed by atoms with E-state index in [4.69, 9.17) is 11.6 Å². The van der Waals surface area contributed by atoms with Crippen LogP contribution < -0.4 is 5.32 Å². The first-order valence-electron chi connectivity index (χ1n) is 6.10. The SMILES string of the molecule is Cn1nc(C(F)(F)F)c(Cl)c1C(=O)Nc1cc([N+](=O)[O-])ccc1O. The molecule has 0 bridgehead atoms. The molecule has 2 aromatic rings. The number of hydrogen-bond donors (Lipinski definition) is 2. The Balaban J connectivity index is 2.40. The van der Waals surface area contributed by atoms with Gasteiger partial charge in [-0.05, 0) is 6.07 Å². The Bertz CT molecular complexity index is 834. The molecule has 0 unspecified atom stereocenters. The fourth-order valence-corrected chi connectivity index (χ4v) is 2.20. The maximum atomic E-state index is 12.7. The molecule has 1 aromatic carbocycles. The number of rotatable bonds is 3. The molecule has 1 amide bonds. The predicted molar refractivity (Wildman–Crippen MR) is 75.9 cm³/mol. The summed E-state index contributed by atoms with van der Waals surface area (Å²) in [5.74, 6) is -1.63. The highest BCUT2D eigenvalue weighted by Gasteiger charge is 2.39. The Morgan fingerprint density at radius 1 is 1.46 bits per heavy atom. The van der Waals surface area contributed by atoms with Gasteiger partial charge in [0.2, 0.25) is 0 Å². The Morgan fingerprint density at radius 3 is 2.58 bits per heavy atom. The van der Waals surface area contributed by atoms with Gasteiger partial charge in [-0.1, -0.05) is 11.6 Å². The van der Waals surface area contributed by atoms with Crippen molar-refractivity contribution in [2.45, 2.75) is 6.18 Å². The number of aromatic hydroxyl groups is 1. The first-order valence-corrected chi connectivity index (χ1v) is 6.48. The van der Waals surface area contributed by atoms with Crippen LogP contribution in [0.2, 0.25) is 5.02 Å². The Kier molecular flexibility index (Phi) is 4.38. The number of aromatic nitrogens is 2. The summed E-state index contributed by atoms with van der Waals surface area (Å²) in [6, 6.07) is 2.80. The van der Waals surface area contributed by atoms with Gasteiger partial charge < -0.3 is 10.4 Å². The Hall–Kier alpha value is -2.82. The smallest absolute Gasteiger partial charge is 0.436 e. The van der Waals surface area contributed by atoms with E-state index in [0.717, 1.165) is 25.2 Å². The van der Waals surface area contributed by atoms with Gasteiger partial charge in [0, 0.05) is 19.2 Å². The number of halogens is 4. The van der Waals surface area contributed by atoms with E-state index < -0.39 is 44.9 Å². The summed E-state index contributed by atoms with van der Waals surface area (Å²) in [6.45, 7) is 0. The number of anilines is 1. The summed E-state index contributed by atoms with van der Waals surface area (Å²) in [7, 11) is 1.07. The molecule has 8 nitrogen and oxygen atoms in total. The zero-order chi connectivity index (χ0) is 18.2. The van der Waals surface area contributed by atoms with E-state index in [1.165, 1.54) is 0 Å². The fourth-order valence-electron chi connectivity index (χ4n) is 1.85. The van der Waals surface area contributed by atoms with Gasteiger partial charge in [0.15, 0.2) is 5.69 Å². The van der Waals surface area contributed by atoms with Crippen LogP contribution in [-0.2, 0) is 13.2 Å². The molecular formula is C12H8ClF3N4O4. The van der Waals surface area contributed by atoms with Crippen LogP contribution in [0.5, 0.6) is 5.75 Å². The van der Waals surface area contributed by atoms with E-state index in [1.807, 2.05) is 0 Å². The quantitative estimate of drug-likeness (QED) is 0.494. The standard InChI is InChI=1S/C12H8ClF3N4O4/c1-19-9(8(13)10(18-19)12(14,15)16)11(22)17-6-4-5(20(23)24)2-3-7(6)21/h2-4,21H,1H3,(H,17,22). The van der Waals surface area contributed by atoms with Gasteiger partial charge >= 0.3 is 6.18 Å². The lowest BCUT2D eigenvalue weighted by molar-refractivity contribution is -0.384. The summed E-state index contributed by atoms with van der Waals surface area (Å²) in [6.07, 6.45) is -4.86. The second-order valence-corrected chi connectivity index (χ2v) is 4.92. The zero-order valence-corrected chi connectivity index (χ0v) is 12.5. The predicted octanol–water partition coefficient (Wildman–Crippen LogP) is 2.96. The lowest BCUT2D eigenvalue weighted by Crippen LogP contribution is -2.16. The lowest BCUT2D eigenvalue weighted by Gasteiger charge is -2.07. The van der Waals surface area contributed by atoms with Gasteiger partial charge in [0.25, 0.3) is 11.6 Å². The largest absolute Gasteiger partial charge is 0.506 e. The van der Waals surface area contributed by atoms with Crippen LogP contribution in [0.1, 0.15) is 16.2 Å². The van der Waals surface area contributed by atoms with E-state index in [1.54, 1.807) is 0 Å². The van der Waals surface area contributed by atoms with Crippen molar-refractivity contribution in [1.82, 2.24) is 9.78 Å². The number of non-ortho nitro benzene ring substituents is 1. The minimum atomic E-state index is -4.86. The summed E-state index contributed by atoms with van der Waals surface area (Å²) in [4.78, 5) is 22.0. The molecule has 0 aliphatic carbocycles. The fraction of sp³-hybridized carbons (Fsp3) is 0.167. The highest BCUT2D eigenvalue weighted by atomic mass is 35.5. The second kappa shape index (κ2) is 6.00. The molecule has 0 fully saturated rings. The number of aryl methyl sites for hydroxylation is 1. The van der Waals surface area contributed by atoms with E-state index in [2.05, 4.69) is 10.4 Å². The highest BCUT2D eigenvalue weighted by Crippen LogP contribution is 2.36. The summed E-state index contributed by atoms with van der Waals surface area (Å²) < 4.78 is 38.8. The van der Waals surface area contributed by atoms with Crippen LogP contribution in [0.25, 0.3) is 0 Å². The minimum Gasteiger partial charge on any atom is -0.506 e. The van der Waals surface area contributed by atoms with Crippen LogP contribution in [0.15, 0.2) is 18.2 Å². The third-order valence-corrected chi connectivity index (χ3v) is 3.27. The van der Waals surface area contributed by atoms with Crippen molar-refractivity contribution in [3.05, 3.63) is 44.7 Å². The number of alkyl halides is 3. The average Bonchev–Trinajstić information content (AvgIpc) is 2.76. The number of amides is 1. The Morgan fingerprint density at radius 2 is 2.08 bits per heavy atom. The van der Waals surface area contributed by atoms with Crippen molar-refractivity contribution in [2.24, 2.45) is 7.05 Å². The van der Waals surface area contributed by atoms with Gasteiger partial charge in [-0.2, -0.15) is 18.3 Å². The monoisotopic (exact) mass is 364 g/mol. The van der Waals surface area contributed by atoms with Crippen molar-refractivity contribution >= 4 is 28.9 Å². The molecule has 0 radical (unpaired) electrons. The molecule has 1 aromatic heterocycles. The molecule has 2 rings (SSSR count). The number of nitrogens with one attached hydrogen (secondary N) is 1. The molecule has 128 valence electrons. The molecule has 0 spiro atoms. The van der Waals surface area contributed by atoms with Gasteiger partial charge in [-0.25, -0.2) is 0 Å². The number of nitro groups is 1. The molecule has 0 atom stereocenters. The number of phenolic OH excluding ortho intramolecular Hbond substituents is 1. The first kappa shape index (κ1) is 17.5. The number of benzene rings is 1. The number of phenols is 1. The molecule has 0 aliphatic heterocycles. The van der Waals surface area contributed by atoms with Crippen molar-refractivity contribution < 1.29 is 28.0 Å². The summed E-state index contributed by atoms with van der Waals surface area (Å²) >= 11 is 5.56. The third kappa shape index (κ3) is 3.25. The van der Waals surface area contributed by atoms with Crippen molar-refractivity contribution in [2.75, 3.05) is 5.32 Å². The molecular weight excluding hydrogens is 357 g/mol. The van der Waals surface area contributed by atoms with Crippen molar-refractivity contribution in [1.29, 1.82) is 0 Å². The molecule has 24 heavy (non-hydrogen) atoms. The number of nitrogens with zero attached hydrogens (tertiary/aromatic N) is 3. The van der Waals surface area contributed by atoms with Crippen molar-refractivity contribution in [3.8, 4) is 5.75 Å². The highest BCUT2D eigenvalue weighted by molar-refractivity contribution is 6.34. The van der Waals surface area contributed by atoms with Gasteiger partial charge in [0.1, 0.15) is 16.5 Å². The van der Waals surface area contributed by atoms with Crippen LogP contribution in [0.4, 0.5) is 24.5 Å². The van der Waals surface area contributed by atoms with Crippen LogP contribution >= 0.6 is 11.6 Å². The number of carbonyl (C=O) groups excluding carboxylic acids is 1. The van der Waals surface area contributed by atoms with Crippen LogP contribution in [0.3, 0.4) is 0 Å². The van der Waals surface area contributed by atoms with Crippen LogP contribution in [-0.4, -0.2) is 25.7 Å². The average molecular weight is 365 g/mol. The second-order valence-electron chi connectivity index (χ2n) is 4.55. The molecule has 2 N–H and O–H groups in total. The number of hydrogen-bond acceptors (Lipinski definition) is 5. The van der Waals surface area contributed by atoms with E-state index in [9.17, 15) is 33.2 Å². The van der Waals surface area contributed by atoms with E-state index >= 15 is 0 Å². The molecule has 0 aliphatic rings. The van der Waals surface area contributed by atoms with Gasteiger partial charge in [-0.15, -0.1) is 0 Å². The molecule has 0 saturated heterocycles.